The van der Waals surface area contributed by atoms with E-state index < -0.39 is 14.1 Å². The van der Waals surface area contributed by atoms with Gasteiger partial charge in [-0.1, -0.05) is 44.1 Å². The number of aromatic nitrogens is 3. The zero-order valence-electron chi connectivity index (χ0n) is 19.2. The molecule has 0 unspecified atom stereocenters. The van der Waals surface area contributed by atoms with Gasteiger partial charge in [0.1, 0.15) is 16.7 Å². The van der Waals surface area contributed by atoms with Crippen molar-refractivity contribution in [2.24, 2.45) is 0 Å². The first-order chi connectivity index (χ1) is 14.4. The van der Waals surface area contributed by atoms with Crippen LogP contribution in [0.1, 0.15) is 40.0 Å². The Morgan fingerprint density at radius 1 is 1.26 bits per heavy atom. The van der Waals surface area contributed by atoms with E-state index in [1.807, 2.05) is 13.3 Å². The lowest BCUT2D eigenvalue weighted by molar-refractivity contribution is 0.0174. The lowest BCUT2D eigenvalue weighted by atomic mass is 9.71. The van der Waals surface area contributed by atoms with Crippen LogP contribution in [0.4, 0.5) is 10.2 Å². The minimum absolute atomic E-state index is 0.154. The fraction of sp³-hybridized carbons (Fsp3) is 0.667. The summed E-state index contributed by atoms with van der Waals surface area (Å²) in [5.74, 6) is 0.288. The van der Waals surface area contributed by atoms with E-state index >= 15 is 0 Å². The van der Waals surface area contributed by atoms with Gasteiger partial charge in [0.15, 0.2) is 24.4 Å². The summed E-state index contributed by atoms with van der Waals surface area (Å²) in [6.07, 6.45) is 4.66. The molecule has 1 spiro atoms. The van der Waals surface area contributed by atoms with E-state index in [-0.39, 0.29) is 27.4 Å². The molecule has 0 bridgehead atoms. The van der Waals surface area contributed by atoms with Gasteiger partial charge < -0.3 is 14.1 Å². The molecule has 170 valence electrons. The monoisotopic (exact) mass is 484 g/mol. The highest BCUT2D eigenvalue weighted by Gasteiger charge is 2.52. The third kappa shape index (κ3) is 3.81. The van der Waals surface area contributed by atoms with Gasteiger partial charge >= 0.3 is 0 Å². The van der Waals surface area contributed by atoms with Gasteiger partial charge in [-0.05, 0) is 37.2 Å². The van der Waals surface area contributed by atoms with Crippen LogP contribution in [0, 0.1) is 5.82 Å². The second-order valence-corrected chi connectivity index (χ2v) is 16.0. The molecule has 2 aromatic heterocycles. The lowest BCUT2D eigenvalue weighted by Gasteiger charge is -2.56. The minimum Gasteiger partial charge on any atom is -0.477 e. The maximum Gasteiger partial charge on any atom is 0.228 e. The minimum atomic E-state index is -1.85. The summed E-state index contributed by atoms with van der Waals surface area (Å²) in [5, 5.41) is 0.906. The predicted octanol–water partition coefficient (Wildman–Crippen LogP) is 5.68. The summed E-state index contributed by atoms with van der Waals surface area (Å²) < 4.78 is 27.5. The molecule has 1 saturated carbocycles. The highest BCUT2D eigenvalue weighted by Crippen LogP contribution is 2.50. The molecule has 0 radical (unpaired) electrons. The zero-order valence-corrected chi connectivity index (χ0v) is 21.7. The fourth-order valence-corrected chi connectivity index (χ4v) is 6.07. The topological polar surface area (TPSA) is 60.4 Å². The first-order valence-corrected chi connectivity index (χ1v) is 15.0. The van der Waals surface area contributed by atoms with Gasteiger partial charge in [-0.25, -0.2) is 14.4 Å². The van der Waals surface area contributed by atoms with Crippen molar-refractivity contribution in [1.29, 1.82) is 0 Å². The summed E-state index contributed by atoms with van der Waals surface area (Å²) in [4.78, 5) is 15.4. The van der Waals surface area contributed by atoms with Gasteiger partial charge in [0.25, 0.3) is 0 Å². The van der Waals surface area contributed by atoms with Crippen molar-refractivity contribution in [2.75, 3.05) is 24.8 Å². The van der Waals surface area contributed by atoms with Crippen molar-refractivity contribution in [3.63, 3.8) is 0 Å². The molecule has 6 nitrogen and oxygen atoms in total. The SMILES string of the molecule is CSc1nc2c3c(nc(Cl)c(F)c3n1)OCCC1(CC(O[Si](C)(C)C(C)(C)C)C1)N2C. The molecular weight excluding hydrogens is 455 g/mol. The average molecular weight is 485 g/mol. The molecule has 0 atom stereocenters. The number of anilines is 1. The molecule has 3 heterocycles. The summed E-state index contributed by atoms with van der Waals surface area (Å²) >= 11 is 7.40. The van der Waals surface area contributed by atoms with Crippen LogP contribution >= 0.6 is 23.4 Å². The zero-order chi connectivity index (χ0) is 22.8. The van der Waals surface area contributed by atoms with Gasteiger partial charge in [-0.3, -0.25) is 0 Å². The molecule has 1 aliphatic carbocycles. The number of hydrogen-bond donors (Lipinski definition) is 0. The molecule has 1 aliphatic heterocycles. The van der Waals surface area contributed by atoms with Crippen LogP contribution < -0.4 is 9.64 Å². The summed E-state index contributed by atoms with van der Waals surface area (Å²) in [6, 6.07) is 0. The molecule has 0 amide bonds. The van der Waals surface area contributed by atoms with E-state index in [1.54, 1.807) is 0 Å². The molecule has 2 aromatic rings. The van der Waals surface area contributed by atoms with Gasteiger partial charge in [0, 0.05) is 25.1 Å². The number of rotatable bonds is 3. The average Bonchev–Trinajstić information content (AvgIpc) is 2.66. The van der Waals surface area contributed by atoms with E-state index in [1.165, 1.54) is 11.8 Å². The Hall–Kier alpha value is -1.16. The standard InChI is InChI=1S/C21H30ClFN4O2SSi/c1-20(2,3)31(6,7)29-12-10-21(11-12)8-9-28-18-13-15(14(23)16(22)25-18)24-19(30-5)26-17(13)27(21)4/h12H,8-11H2,1-7H3. The molecule has 0 saturated heterocycles. The highest BCUT2D eigenvalue weighted by molar-refractivity contribution is 7.98. The number of ether oxygens (including phenoxy) is 1. The summed E-state index contributed by atoms with van der Waals surface area (Å²) in [6.45, 7) is 11.8. The van der Waals surface area contributed by atoms with Crippen molar-refractivity contribution in [3.05, 3.63) is 11.0 Å². The van der Waals surface area contributed by atoms with Crippen molar-refractivity contribution >= 4 is 48.4 Å². The number of pyridine rings is 1. The summed E-state index contributed by atoms with van der Waals surface area (Å²) in [5.41, 5.74) is -0.000663. The Labute approximate surface area is 193 Å². The normalized spacial score (nSPS) is 24.0. The third-order valence-corrected chi connectivity index (χ3v) is 12.5. The molecule has 0 aromatic carbocycles. The number of halogens is 2. The molecule has 4 rings (SSSR count). The fourth-order valence-electron chi connectivity index (χ4n) is 4.19. The van der Waals surface area contributed by atoms with Crippen molar-refractivity contribution in [1.82, 2.24) is 15.0 Å². The van der Waals surface area contributed by atoms with Gasteiger partial charge in [0.05, 0.1) is 6.61 Å². The predicted molar refractivity (Wildman–Crippen MR) is 127 cm³/mol. The van der Waals surface area contributed by atoms with E-state index in [4.69, 9.17) is 25.7 Å². The second kappa shape index (κ2) is 7.71. The van der Waals surface area contributed by atoms with Crippen LogP contribution in [-0.4, -0.2) is 54.8 Å². The number of thioether (sulfide) groups is 1. The molecule has 10 heteroatoms. The number of hydrogen-bond acceptors (Lipinski definition) is 7. The van der Waals surface area contributed by atoms with Gasteiger partial charge in [-0.15, -0.1) is 0 Å². The van der Waals surface area contributed by atoms with Crippen LogP contribution in [-0.2, 0) is 4.43 Å². The van der Waals surface area contributed by atoms with Crippen molar-refractivity contribution in [2.45, 2.75) is 75.0 Å². The highest BCUT2D eigenvalue weighted by atomic mass is 35.5. The third-order valence-electron chi connectivity index (χ3n) is 7.17. The first-order valence-electron chi connectivity index (χ1n) is 10.5. The maximum absolute atomic E-state index is 14.9. The largest absolute Gasteiger partial charge is 0.477 e. The van der Waals surface area contributed by atoms with E-state index in [2.05, 4.69) is 48.7 Å². The van der Waals surface area contributed by atoms with Crippen LogP contribution in [0.15, 0.2) is 5.16 Å². The Morgan fingerprint density at radius 2 is 1.94 bits per heavy atom. The van der Waals surface area contributed by atoms with Crippen LogP contribution in [0.2, 0.25) is 23.3 Å². The Morgan fingerprint density at radius 3 is 2.55 bits per heavy atom. The maximum atomic E-state index is 14.9. The van der Waals surface area contributed by atoms with E-state index in [0.29, 0.717) is 28.8 Å². The lowest BCUT2D eigenvalue weighted by Crippen LogP contribution is -2.62. The van der Waals surface area contributed by atoms with Crippen molar-refractivity contribution in [3.8, 4) is 5.88 Å². The van der Waals surface area contributed by atoms with Gasteiger partial charge in [-0.2, -0.15) is 4.98 Å². The molecular formula is C21H30ClFN4O2SSi. The molecule has 2 aliphatic rings. The van der Waals surface area contributed by atoms with E-state index in [0.717, 1.165) is 19.3 Å². The Bertz CT molecular complexity index is 1030. The quantitative estimate of drug-likeness (QED) is 0.240. The molecule has 31 heavy (non-hydrogen) atoms. The first kappa shape index (κ1) is 23.0. The van der Waals surface area contributed by atoms with Gasteiger partial charge in [0.2, 0.25) is 5.88 Å². The number of nitrogens with zero attached hydrogens (tertiary/aromatic N) is 4. The Balaban J connectivity index is 1.72. The smallest absolute Gasteiger partial charge is 0.228 e. The van der Waals surface area contributed by atoms with Crippen molar-refractivity contribution < 1.29 is 13.6 Å². The second-order valence-electron chi connectivity index (χ2n) is 10.1. The molecule has 0 N–H and O–H groups in total. The Kier molecular flexibility index (Phi) is 5.72. The van der Waals surface area contributed by atoms with Crippen LogP contribution in [0.3, 0.4) is 0 Å². The van der Waals surface area contributed by atoms with Crippen LogP contribution in [0.5, 0.6) is 5.88 Å². The molecule has 1 fully saturated rings. The van der Waals surface area contributed by atoms with E-state index in [9.17, 15) is 4.39 Å². The summed E-state index contributed by atoms with van der Waals surface area (Å²) in [7, 11) is 0.173. The van der Waals surface area contributed by atoms with Crippen LogP contribution in [0.25, 0.3) is 10.9 Å².